The molecule has 1 N–H and O–H groups in total. The molecule has 23 heavy (non-hydrogen) atoms. The number of carbonyl (C=O) groups excluding carboxylic acids is 1. The van der Waals surface area contributed by atoms with Gasteiger partial charge in [0.2, 0.25) is 5.88 Å². The lowest BCUT2D eigenvalue weighted by atomic mass is 10.2. The van der Waals surface area contributed by atoms with Crippen LogP contribution in [0, 0.1) is 6.92 Å². The average Bonchev–Trinajstić information content (AvgIpc) is 3.23. The van der Waals surface area contributed by atoms with Gasteiger partial charge in [-0.15, -0.1) is 11.3 Å². The first-order valence-electron chi connectivity index (χ1n) is 6.97. The van der Waals surface area contributed by atoms with Gasteiger partial charge in [0.1, 0.15) is 5.69 Å². The number of nitrogens with zero attached hydrogens (tertiary/aromatic N) is 3. The van der Waals surface area contributed by atoms with Crippen LogP contribution in [0.4, 0.5) is 5.88 Å². The fraction of sp³-hybridized carbons (Fsp3) is 0.0625. The van der Waals surface area contributed by atoms with Crippen LogP contribution in [-0.4, -0.2) is 20.4 Å². The molecular formula is C16H12N4O2S. The fourth-order valence-electron chi connectivity index (χ4n) is 2.29. The SMILES string of the molecule is Cc1cc(NC(=O)c2csc3nc(-c4ccccc4)cn23)on1. The number of carbonyl (C=O) groups is 1. The van der Waals surface area contributed by atoms with Crippen molar-refractivity contribution in [3.63, 3.8) is 0 Å². The molecule has 0 saturated heterocycles. The summed E-state index contributed by atoms with van der Waals surface area (Å²) >= 11 is 1.42. The summed E-state index contributed by atoms with van der Waals surface area (Å²) in [5.41, 5.74) is 3.07. The van der Waals surface area contributed by atoms with Crippen molar-refractivity contribution in [2.45, 2.75) is 6.92 Å². The molecule has 3 heterocycles. The Bertz CT molecular complexity index is 984. The van der Waals surface area contributed by atoms with E-state index < -0.39 is 0 Å². The molecule has 4 aromatic rings. The third-order valence-corrected chi connectivity index (χ3v) is 4.22. The van der Waals surface area contributed by atoms with Crippen molar-refractivity contribution in [2.24, 2.45) is 0 Å². The molecule has 0 aliphatic carbocycles. The molecule has 7 heteroatoms. The topological polar surface area (TPSA) is 72.4 Å². The summed E-state index contributed by atoms with van der Waals surface area (Å²) in [5, 5.41) is 8.22. The molecule has 6 nitrogen and oxygen atoms in total. The van der Waals surface area contributed by atoms with E-state index in [1.54, 1.807) is 22.8 Å². The highest BCUT2D eigenvalue weighted by Crippen LogP contribution is 2.24. The van der Waals surface area contributed by atoms with Gasteiger partial charge in [-0.2, -0.15) is 0 Å². The van der Waals surface area contributed by atoms with Crippen LogP contribution in [0.5, 0.6) is 0 Å². The maximum atomic E-state index is 12.4. The number of hydrogen-bond donors (Lipinski definition) is 1. The van der Waals surface area contributed by atoms with Gasteiger partial charge in [-0.05, 0) is 6.92 Å². The smallest absolute Gasteiger partial charge is 0.275 e. The molecular weight excluding hydrogens is 312 g/mol. The van der Waals surface area contributed by atoms with E-state index in [1.807, 2.05) is 36.5 Å². The van der Waals surface area contributed by atoms with Crippen LogP contribution >= 0.6 is 11.3 Å². The molecule has 1 amide bonds. The molecule has 0 bridgehead atoms. The van der Waals surface area contributed by atoms with E-state index in [0.29, 0.717) is 17.3 Å². The fourth-order valence-corrected chi connectivity index (χ4v) is 3.15. The van der Waals surface area contributed by atoms with Gasteiger partial charge in [-0.25, -0.2) is 4.98 Å². The van der Waals surface area contributed by atoms with Crippen LogP contribution in [0.15, 0.2) is 52.5 Å². The Hall–Kier alpha value is -2.93. The zero-order valence-electron chi connectivity index (χ0n) is 12.2. The van der Waals surface area contributed by atoms with Crippen LogP contribution in [0.1, 0.15) is 16.2 Å². The van der Waals surface area contributed by atoms with Gasteiger partial charge < -0.3 is 4.52 Å². The first-order valence-corrected chi connectivity index (χ1v) is 7.85. The van der Waals surface area contributed by atoms with Crippen LogP contribution in [0.3, 0.4) is 0 Å². The van der Waals surface area contributed by atoms with Gasteiger partial charge >= 0.3 is 0 Å². The predicted octanol–water partition coefficient (Wildman–Crippen LogP) is 3.61. The summed E-state index contributed by atoms with van der Waals surface area (Å²) in [6.45, 7) is 1.80. The Kier molecular flexibility index (Phi) is 3.20. The van der Waals surface area contributed by atoms with Crippen molar-refractivity contribution >= 4 is 28.1 Å². The highest BCUT2D eigenvalue weighted by Gasteiger charge is 2.16. The minimum absolute atomic E-state index is 0.260. The summed E-state index contributed by atoms with van der Waals surface area (Å²) < 4.78 is 6.80. The van der Waals surface area contributed by atoms with Crippen LogP contribution < -0.4 is 5.32 Å². The van der Waals surface area contributed by atoms with Gasteiger partial charge in [-0.1, -0.05) is 35.5 Å². The number of anilines is 1. The average molecular weight is 324 g/mol. The van der Waals surface area contributed by atoms with Crippen molar-refractivity contribution in [1.82, 2.24) is 14.5 Å². The molecule has 0 spiro atoms. The van der Waals surface area contributed by atoms with E-state index in [-0.39, 0.29) is 5.91 Å². The van der Waals surface area contributed by atoms with Gasteiger partial charge in [0.15, 0.2) is 4.96 Å². The second kappa shape index (κ2) is 5.36. The van der Waals surface area contributed by atoms with Crippen molar-refractivity contribution in [3.8, 4) is 11.3 Å². The number of fused-ring (bicyclic) bond motifs is 1. The summed E-state index contributed by atoms with van der Waals surface area (Å²) in [6.07, 6.45) is 1.86. The first kappa shape index (κ1) is 13.7. The van der Waals surface area contributed by atoms with Gasteiger partial charge in [0.25, 0.3) is 5.91 Å². The number of rotatable bonds is 3. The normalized spacial score (nSPS) is 11.0. The zero-order chi connectivity index (χ0) is 15.8. The van der Waals surface area contributed by atoms with E-state index in [9.17, 15) is 4.79 Å². The molecule has 0 saturated carbocycles. The maximum absolute atomic E-state index is 12.4. The molecule has 0 aliphatic heterocycles. The van der Waals surface area contributed by atoms with E-state index in [2.05, 4.69) is 15.5 Å². The van der Waals surface area contributed by atoms with Crippen molar-refractivity contribution in [1.29, 1.82) is 0 Å². The molecule has 0 fully saturated rings. The van der Waals surface area contributed by atoms with E-state index in [0.717, 1.165) is 16.2 Å². The lowest BCUT2D eigenvalue weighted by Crippen LogP contribution is -2.13. The molecule has 0 aliphatic rings. The highest BCUT2D eigenvalue weighted by molar-refractivity contribution is 7.15. The zero-order valence-corrected chi connectivity index (χ0v) is 13.0. The Morgan fingerprint density at radius 3 is 2.87 bits per heavy atom. The first-order chi connectivity index (χ1) is 11.2. The van der Waals surface area contributed by atoms with E-state index >= 15 is 0 Å². The molecule has 3 aromatic heterocycles. The molecule has 0 atom stereocenters. The Labute approximate surface area is 135 Å². The Morgan fingerprint density at radius 2 is 2.13 bits per heavy atom. The predicted molar refractivity (Wildman–Crippen MR) is 87.7 cm³/mol. The number of amides is 1. The van der Waals surface area contributed by atoms with Crippen molar-refractivity contribution in [2.75, 3.05) is 5.32 Å². The number of aryl methyl sites for hydroxylation is 1. The van der Waals surface area contributed by atoms with Crippen LogP contribution in [0.2, 0.25) is 0 Å². The number of benzene rings is 1. The summed E-state index contributed by atoms with van der Waals surface area (Å²) in [7, 11) is 0. The molecule has 1 aromatic carbocycles. The third kappa shape index (κ3) is 2.51. The number of thiazole rings is 1. The summed E-state index contributed by atoms with van der Waals surface area (Å²) in [4.78, 5) is 17.7. The second-order valence-corrected chi connectivity index (χ2v) is 5.89. The third-order valence-electron chi connectivity index (χ3n) is 3.38. The standard InChI is InChI=1S/C16H12N4O2S/c1-10-7-14(22-19-10)18-15(21)13-9-23-16-17-12(8-20(13)16)11-5-3-2-4-6-11/h2-9H,1H3,(H,18,21). The highest BCUT2D eigenvalue weighted by atomic mass is 32.1. The Morgan fingerprint density at radius 1 is 1.30 bits per heavy atom. The van der Waals surface area contributed by atoms with Crippen molar-refractivity contribution < 1.29 is 9.32 Å². The van der Waals surface area contributed by atoms with E-state index in [4.69, 9.17) is 4.52 Å². The minimum Gasteiger partial charge on any atom is -0.338 e. The number of imidazole rings is 1. The van der Waals surface area contributed by atoms with Crippen LogP contribution in [-0.2, 0) is 0 Å². The van der Waals surface area contributed by atoms with Crippen LogP contribution in [0.25, 0.3) is 16.2 Å². The second-order valence-electron chi connectivity index (χ2n) is 5.05. The van der Waals surface area contributed by atoms with Crippen molar-refractivity contribution in [3.05, 3.63) is 59.4 Å². The summed E-state index contributed by atoms with van der Waals surface area (Å²) in [6, 6.07) is 11.5. The number of nitrogens with one attached hydrogen (secondary N) is 1. The minimum atomic E-state index is -0.260. The maximum Gasteiger partial charge on any atom is 0.275 e. The number of aromatic nitrogens is 3. The van der Waals surface area contributed by atoms with Gasteiger partial charge in [0.05, 0.1) is 11.4 Å². The lowest BCUT2D eigenvalue weighted by molar-refractivity contribution is 0.101. The van der Waals surface area contributed by atoms with Gasteiger partial charge in [-0.3, -0.25) is 14.5 Å². The molecule has 4 rings (SSSR count). The largest absolute Gasteiger partial charge is 0.338 e. The Balaban J connectivity index is 1.68. The molecule has 0 unspecified atom stereocenters. The van der Waals surface area contributed by atoms with Gasteiger partial charge in [0, 0.05) is 23.2 Å². The molecule has 114 valence electrons. The monoisotopic (exact) mass is 324 g/mol. The molecule has 0 radical (unpaired) electrons. The quantitative estimate of drug-likeness (QED) is 0.625. The van der Waals surface area contributed by atoms with E-state index in [1.165, 1.54) is 11.3 Å². The number of hydrogen-bond acceptors (Lipinski definition) is 5. The summed E-state index contributed by atoms with van der Waals surface area (Å²) in [5.74, 6) is 0.0691. The lowest BCUT2D eigenvalue weighted by Gasteiger charge is -1.99.